The summed E-state index contributed by atoms with van der Waals surface area (Å²) in [7, 11) is 0. The molecule has 0 saturated heterocycles. The summed E-state index contributed by atoms with van der Waals surface area (Å²) in [4.78, 5) is 0. The molecule has 9 rings (SSSR count). The van der Waals surface area contributed by atoms with E-state index in [1.54, 1.807) is 0 Å². The Balaban J connectivity index is 1.33. The third kappa shape index (κ3) is 5.17. The van der Waals surface area contributed by atoms with Crippen molar-refractivity contribution in [3.05, 3.63) is 205 Å². The highest BCUT2D eigenvalue weighted by Gasteiger charge is 2.23. The summed E-state index contributed by atoms with van der Waals surface area (Å²) < 4.78 is 2.29. The van der Waals surface area contributed by atoms with Gasteiger partial charge in [0.2, 0.25) is 0 Å². The van der Waals surface area contributed by atoms with Crippen LogP contribution < -0.4 is 5.73 Å². The van der Waals surface area contributed by atoms with Crippen LogP contribution in [-0.4, -0.2) is 4.57 Å². The van der Waals surface area contributed by atoms with E-state index in [-0.39, 0.29) is 6.04 Å². The molecule has 1 unspecified atom stereocenters. The fraction of sp³-hybridized carbons (Fsp3) is 0.0204. The van der Waals surface area contributed by atoms with Crippen molar-refractivity contribution in [3.63, 3.8) is 0 Å². The van der Waals surface area contributed by atoms with Gasteiger partial charge >= 0.3 is 0 Å². The van der Waals surface area contributed by atoms with E-state index < -0.39 is 0 Å². The first-order chi connectivity index (χ1) is 25.2. The van der Waals surface area contributed by atoms with E-state index in [9.17, 15) is 0 Å². The number of rotatable bonds is 7. The zero-order valence-electron chi connectivity index (χ0n) is 28.2. The van der Waals surface area contributed by atoms with Crippen LogP contribution in [0.5, 0.6) is 0 Å². The fourth-order valence-electron chi connectivity index (χ4n) is 7.91. The molecule has 0 saturated carbocycles. The number of hydrogen-bond acceptors (Lipinski definition) is 1. The Morgan fingerprint density at radius 3 is 1.51 bits per heavy atom. The van der Waals surface area contributed by atoms with Gasteiger partial charge in [-0.2, -0.15) is 0 Å². The highest BCUT2D eigenvalue weighted by atomic mass is 15.0. The summed E-state index contributed by atoms with van der Waals surface area (Å²) in [5, 5.41) is 6.08. The maximum absolute atomic E-state index is 7.16. The lowest BCUT2D eigenvalue weighted by molar-refractivity contribution is 0.870. The molecule has 0 aliphatic carbocycles. The van der Waals surface area contributed by atoms with Crippen molar-refractivity contribution in [3.8, 4) is 39.1 Å². The Hall–Kier alpha value is -6.48. The van der Waals surface area contributed by atoms with Crippen molar-refractivity contribution < 1.29 is 0 Å². The van der Waals surface area contributed by atoms with Gasteiger partial charge < -0.3 is 10.3 Å². The molecule has 2 heteroatoms. The van der Waals surface area contributed by atoms with Gasteiger partial charge in [0.15, 0.2) is 0 Å². The standard InChI is InChI=1S/C49H36N2/c1-2-44-48(49(50)35-21-11-5-12-22-35)43-32-37(28-30-45(43)51(44)38-23-13-6-14-24-38)36-27-29-41-42(31-36)47(34-19-9-4-10-20-34)40-26-16-15-25-39(40)46(41)33-17-7-3-8-18-33/h2-32,49H,1,50H2. The third-order valence-corrected chi connectivity index (χ3v) is 10.2. The van der Waals surface area contributed by atoms with Crippen LogP contribution in [0.2, 0.25) is 0 Å². The third-order valence-electron chi connectivity index (χ3n) is 10.2. The Morgan fingerprint density at radius 1 is 0.451 bits per heavy atom. The summed E-state index contributed by atoms with van der Waals surface area (Å²) >= 11 is 0. The zero-order chi connectivity index (χ0) is 34.3. The Bertz CT molecular complexity index is 2690. The van der Waals surface area contributed by atoms with Crippen LogP contribution in [-0.2, 0) is 0 Å². The van der Waals surface area contributed by atoms with Crippen LogP contribution in [0.3, 0.4) is 0 Å². The molecule has 0 bridgehead atoms. The molecule has 0 aliphatic rings. The quantitative estimate of drug-likeness (QED) is 0.171. The van der Waals surface area contributed by atoms with E-state index >= 15 is 0 Å². The second-order valence-corrected chi connectivity index (χ2v) is 13.1. The van der Waals surface area contributed by atoms with E-state index in [1.807, 2.05) is 18.2 Å². The first kappa shape index (κ1) is 30.6. The molecule has 1 heterocycles. The molecule has 2 N–H and O–H groups in total. The van der Waals surface area contributed by atoms with Gasteiger partial charge in [-0.15, -0.1) is 0 Å². The van der Waals surface area contributed by atoms with Crippen molar-refractivity contribution in [2.24, 2.45) is 5.73 Å². The molecular weight excluding hydrogens is 617 g/mol. The first-order valence-electron chi connectivity index (χ1n) is 17.5. The normalized spacial score (nSPS) is 12.0. The lowest BCUT2D eigenvalue weighted by Gasteiger charge is -2.19. The maximum Gasteiger partial charge on any atom is 0.0579 e. The van der Waals surface area contributed by atoms with Gasteiger partial charge in [-0.3, -0.25) is 0 Å². The zero-order valence-corrected chi connectivity index (χ0v) is 28.2. The van der Waals surface area contributed by atoms with Crippen LogP contribution in [0.4, 0.5) is 0 Å². The topological polar surface area (TPSA) is 30.9 Å². The summed E-state index contributed by atoms with van der Waals surface area (Å²) in [5.41, 5.74) is 19.7. The lowest BCUT2D eigenvalue weighted by atomic mass is 9.85. The predicted molar refractivity (Wildman–Crippen MR) is 217 cm³/mol. The largest absolute Gasteiger partial charge is 0.320 e. The smallest absolute Gasteiger partial charge is 0.0579 e. The van der Waals surface area contributed by atoms with Crippen LogP contribution >= 0.6 is 0 Å². The van der Waals surface area contributed by atoms with Crippen LogP contribution in [0, 0.1) is 0 Å². The van der Waals surface area contributed by atoms with Gasteiger partial charge in [0.1, 0.15) is 0 Å². The Morgan fingerprint density at radius 2 is 0.922 bits per heavy atom. The molecule has 0 radical (unpaired) electrons. The van der Waals surface area contributed by atoms with Gasteiger partial charge in [-0.25, -0.2) is 0 Å². The van der Waals surface area contributed by atoms with E-state index in [0.29, 0.717) is 0 Å². The minimum Gasteiger partial charge on any atom is -0.320 e. The predicted octanol–water partition coefficient (Wildman–Crippen LogP) is 12.6. The lowest BCUT2D eigenvalue weighted by Crippen LogP contribution is -2.13. The second kappa shape index (κ2) is 12.8. The second-order valence-electron chi connectivity index (χ2n) is 13.1. The number of nitrogens with zero attached hydrogens (tertiary/aromatic N) is 1. The maximum atomic E-state index is 7.16. The average molecular weight is 653 g/mol. The number of hydrogen-bond donors (Lipinski definition) is 1. The molecule has 2 nitrogen and oxygen atoms in total. The van der Waals surface area contributed by atoms with Crippen LogP contribution in [0.15, 0.2) is 189 Å². The van der Waals surface area contributed by atoms with E-state index in [2.05, 4.69) is 181 Å². The van der Waals surface area contributed by atoms with Gasteiger partial charge in [-0.05, 0) is 96.9 Å². The number of para-hydroxylation sites is 1. The molecule has 0 fully saturated rings. The van der Waals surface area contributed by atoms with Crippen molar-refractivity contribution >= 4 is 38.5 Å². The average Bonchev–Trinajstić information content (AvgIpc) is 3.54. The van der Waals surface area contributed by atoms with Gasteiger partial charge in [0.05, 0.1) is 17.3 Å². The van der Waals surface area contributed by atoms with Gasteiger partial charge in [-0.1, -0.05) is 158 Å². The molecule has 8 aromatic carbocycles. The summed E-state index contributed by atoms with van der Waals surface area (Å²) in [6.45, 7) is 4.28. The summed E-state index contributed by atoms with van der Waals surface area (Å²) in [6, 6.07) is 64.7. The van der Waals surface area contributed by atoms with E-state index in [4.69, 9.17) is 5.73 Å². The number of benzene rings is 8. The van der Waals surface area contributed by atoms with E-state index in [1.165, 1.54) is 43.8 Å². The molecule has 0 amide bonds. The van der Waals surface area contributed by atoms with Crippen molar-refractivity contribution in [2.45, 2.75) is 6.04 Å². The van der Waals surface area contributed by atoms with Crippen molar-refractivity contribution in [1.82, 2.24) is 4.57 Å². The Kier molecular flexibility index (Phi) is 7.65. The molecule has 9 aromatic rings. The fourth-order valence-corrected chi connectivity index (χ4v) is 7.91. The van der Waals surface area contributed by atoms with Crippen LogP contribution in [0.1, 0.15) is 22.9 Å². The number of nitrogens with two attached hydrogens (primary N) is 1. The monoisotopic (exact) mass is 652 g/mol. The van der Waals surface area contributed by atoms with Gasteiger partial charge in [0.25, 0.3) is 0 Å². The SMILES string of the molecule is C=Cc1c(C(N)c2ccccc2)c2cc(-c3ccc4c(-c5ccccc5)c5ccccc5c(-c5ccccc5)c4c3)ccc2n1-c1ccccc1. The molecule has 0 spiro atoms. The minimum absolute atomic E-state index is 0.331. The summed E-state index contributed by atoms with van der Waals surface area (Å²) in [5.74, 6) is 0. The van der Waals surface area contributed by atoms with Gasteiger partial charge in [0, 0.05) is 16.6 Å². The van der Waals surface area contributed by atoms with Crippen LogP contribution in [0.25, 0.3) is 77.6 Å². The van der Waals surface area contributed by atoms with E-state index in [0.717, 1.165) is 44.5 Å². The summed E-state index contributed by atoms with van der Waals surface area (Å²) in [6.07, 6.45) is 1.95. The molecule has 51 heavy (non-hydrogen) atoms. The number of fused-ring (bicyclic) bond motifs is 3. The van der Waals surface area contributed by atoms with Crippen molar-refractivity contribution in [1.29, 1.82) is 0 Å². The first-order valence-corrected chi connectivity index (χ1v) is 17.5. The molecule has 242 valence electrons. The van der Waals surface area contributed by atoms with Crippen molar-refractivity contribution in [2.75, 3.05) is 0 Å². The molecular formula is C49H36N2. The highest BCUT2D eigenvalue weighted by molar-refractivity contribution is 6.22. The molecule has 1 aromatic heterocycles. The highest BCUT2D eigenvalue weighted by Crippen LogP contribution is 2.45. The molecule has 1 atom stereocenters. The number of aromatic nitrogens is 1. The Labute approximate surface area is 298 Å². The minimum atomic E-state index is -0.331. The molecule has 0 aliphatic heterocycles.